The van der Waals surface area contributed by atoms with Crippen LogP contribution in [0, 0.1) is 15.9 Å². The van der Waals surface area contributed by atoms with Crippen molar-refractivity contribution in [2.24, 2.45) is 0 Å². The van der Waals surface area contributed by atoms with Crippen LogP contribution in [0.4, 0.5) is 10.1 Å². The molecule has 2 aromatic rings. The Bertz CT molecular complexity index is 685. The summed E-state index contributed by atoms with van der Waals surface area (Å²) in [5.41, 5.74) is 0.331. The van der Waals surface area contributed by atoms with Gasteiger partial charge in [-0.1, -0.05) is 30.3 Å². The Morgan fingerprint density at radius 1 is 1.25 bits per heavy atom. The summed E-state index contributed by atoms with van der Waals surface area (Å²) in [6, 6.07) is 9.91. The van der Waals surface area contributed by atoms with E-state index in [9.17, 15) is 19.3 Å². The number of hydrogen-bond acceptors (Lipinski definition) is 3. The molecular weight excluding hydrogens is 265 g/mol. The molecule has 0 bridgehead atoms. The third kappa shape index (κ3) is 2.80. The van der Waals surface area contributed by atoms with E-state index in [1.807, 2.05) is 0 Å². The molecule has 0 aliphatic carbocycles. The summed E-state index contributed by atoms with van der Waals surface area (Å²) >= 11 is 0. The first-order chi connectivity index (χ1) is 9.49. The zero-order valence-electron chi connectivity index (χ0n) is 10.2. The normalized spacial score (nSPS) is 10.2. The molecule has 2 rings (SSSR count). The highest BCUT2D eigenvalue weighted by molar-refractivity contribution is 5.74. The van der Waals surface area contributed by atoms with Crippen LogP contribution in [0.15, 0.2) is 42.5 Å². The van der Waals surface area contributed by atoms with Crippen molar-refractivity contribution in [3.8, 4) is 11.1 Å². The molecular formula is C14H10FNO4. The molecule has 0 aliphatic heterocycles. The second-order valence-electron chi connectivity index (χ2n) is 4.15. The molecule has 5 nitrogen and oxygen atoms in total. The van der Waals surface area contributed by atoms with Crippen LogP contribution in [-0.4, -0.2) is 16.0 Å². The van der Waals surface area contributed by atoms with Gasteiger partial charge < -0.3 is 5.11 Å². The first kappa shape index (κ1) is 13.7. The monoisotopic (exact) mass is 275 g/mol. The van der Waals surface area contributed by atoms with Crippen molar-refractivity contribution in [2.45, 2.75) is 6.42 Å². The molecule has 1 N–H and O–H groups in total. The van der Waals surface area contributed by atoms with Crippen LogP contribution < -0.4 is 0 Å². The van der Waals surface area contributed by atoms with Gasteiger partial charge in [0.2, 0.25) is 0 Å². The van der Waals surface area contributed by atoms with Gasteiger partial charge in [-0.25, -0.2) is 4.39 Å². The van der Waals surface area contributed by atoms with Gasteiger partial charge in [-0.15, -0.1) is 0 Å². The molecule has 6 heteroatoms. The zero-order valence-corrected chi connectivity index (χ0v) is 10.2. The number of carboxylic acid groups (broad SMARTS) is 1. The summed E-state index contributed by atoms with van der Waals surface area (Å²) < 4.78 is 13.7. The zero-order chi connectivity index (χ0) is 14.7. The topological polar surface area (TPSA) is 80.4 Å². The summed E-state index contributed by atoms with van der Waals surface area (Å²) in [7, 11) is 0. The third-order valence-corrected chi connectivity index (χ3v) is 2.81. The second-order valence-corrected chi connectivity index (χ2v) is 4.15. The maximum absolute atomic E-state index is 13.7. The molecule has 0 unspecified atom stereocenters. The number of rotatable bonds is 4. The molecule has 102 valence electrons. The lowest BCUT2D eigenvalue weighted by atomic mass is 10.0. The number of nitro benzene ring substituents is 1. The molecule has 0 saturated carbocycles. The van der Waals surface area contributed by atoms with Gasteiger partial charge in [0, 0.05) is 17.2 Å². The summed E-state index contributed by atoms with van der Waals surface area (Å²) in [5.74, 6) is -1.65. The Labute approximate surface area is 113 Å². The van der Waals surface area contributed by atoms with Gasteiger partial charge in [-0.3, -0.25) is 14.9 Å². The molecule has 0 fully saturated rings. The van der Waals surface area contributed by atoms with Crippen LogP contribution in [0.1, 0.15) is 5.56 Å². The van der Waals surface area contributed by atoms with Gasteiger partial charge >= 0.3 is 5.97 Å². The molecule has 20 heavy (non-hydrogen) atoms. The van der Waals surface area contributed by atoms with E-state index < -0.39 is 23.1 Å². The largest absolute Gasteiger partial charge is 0.481 e. The lowest BCUT2D eigenvalue weighted by molar-refractivity contribution is -0.385. The van der Waals surface area contributed by atoms with Crippen LogP contribution in [0.3, 0.4) is 0 Å². The van der Waals surface area contributed by atoms with Crippen molar-refractivity contribution in [1.29, 1.82) is 0 Å². The van der Waals surface area contributed by atoms with Crippen LogP contribution in [0.5, 0.6) is 0 Å². The molecule has 0 atom stereocenters. The molecule has 0 amide bonds. The minimum Gasteiger partial charge on any atom is -0.481 e. The van der Waals surface area contributed by atoms with Gasteiger partial charge in [-0.05, 0) is 11.6 Å². The summed E-state index contributed by atoms with van der Waals surface area (Å²) in [5, 5.41) is 19.7. The van der Waals surface area contributed by atoms with E-state index in [2.05, 4.69) is 0 Å². The first-order valence-electron chi connectivity index (χ1n) is 5.73. The van der Waals surface area contributed by atoms with Crippen LogP contribution in [-0.2, 0) is 11.2 Å². The number of nitrogens with zero attached hydrogens (tertiary/aromatic N) is 1. The standard InChI is InChI=1S/C14H10FNO4/c15-12-4-2-1-3-11(12)9-5-6-10(8-14(17)18)13(7-9)16(19)20/h1-7H,8H2,(H,17,18). The SMILES string of the molecule is O=C(O)Cc1ccc(-c2ccccc2F)cc1[N+](=O)[O-]. The van der Waals surface area contributed by atoms with Crippen LogP contribution in [0.2, 0.25) is 0 Å². The number of hydrogen-bond donors (Lipinski definition) is 1. The molecule has 0 aliphatic rings. The Hall–Kier alpha value is -2.76. The number of aliphatic carboxylic acids is 1. The number of carbonyl (C=O) groups is 1. The highest BCUT2D eigenvalue weighted by atomic mass is 19.1. The minimum absolute atomic E-state index is 0.0857. The van der Waals surface area contributed by atoms with Crippen LogP contribution >= 0.6 is 0 Å². The van der Waals surface area contributed by atoms with Crippen molar-refractivity contribution in [1.82, 2.24) is 0 Å². The van der Waals surface area contributed by atoms with Crippen molar-refractivity contribution in [2.75, 3.05) is 0 Å². The number of nitro groups is 1. The maximum Gasteiger partial charge on any atom is 0.308 e. The van der Waals surface area contributed by atoms with E-state index in [4.69, 9.17) is 5.11 Å². The van der Waals surface area contributed by atoms with E-state index >= 15 is 0 Å². The summed E-state index contributed by atoms with van der Waals surface area (Å²) in [6.45, 7) is 0. The lowest BCUT2D eigenvalue weighted by Crippen LogP contribution is -2.04. The smallest absolute Gasteiger partial charge is 0.308 e. The average molecular weight is 275 g/mol. The van der Waals surface area contributed by atoms with Gasteiger partial charge in [0.15, 0.2) is 0 Å². The first-order valence-corrected chi connectivity index (χ1v) is 5.73. The van der Waals surface area contributed by atoms with Crippen molar-refractivity contribution in [3.05, 3.63) is 64.0 Å². The van der Waals surface area contributed by atoms with Crippen molar-refractivity contribution in [3.63, 3.8) is 0 Å². The fourth-order valence-corrected chi connectivity index (χ4v) is 1.91. The predicted molar refractivity (Wildman–Crippen MR) is 69.8 cm³/mol. The second kappa shape index (κ2) is 5.48. The van der Waals surface area contributed by atoms with E-state index in [0.717, 1.165) is 0 Å². The third-order valence-electron chi connectivity index (χ3n) is 2.81. The number of benzene rings is 2. The fraction of sp³-hybridized carbons (Fsp3) is 0.0714. The van der Waals surface area contributed by atoms with Crippen molar-refractivity contribution < 1.29 is 19.2 Å². The molecule has 2 aromatic carbocycles. The molecule has 0 spiro atoms. The van der Waals surface area contributed by atoms with Crippen LogP contribution in [0.25, 0.3) is 11.1 Å². The van der Waals surface area contributed by atoms with E-state index in [0.29, 0.717) is 5.56 Å². The van der Waals surface area contributed by atoms with Gasteiger partial charge in [-0.2, -0.15) is 0 Å². The summed E-state index contributed by atoms with van der Waals surface area (Å²) in [6.07, 6.45) is -0.451. The predicted octanol–water partition coefficient (Wildman–Crippen LogP) is 3.03. The quantitative estimate of drug-likeness (QED) is 0.687. The highest BCUT2D eigenvalue weighted by Crippen LogP contribution is 2.29. The fourth-order valence-electron chi connectivity index (χ4n) is 1.91. The van der Waals surface area contributed by atoms with E-state index in [1.165, 1.54) is 36.4 Å². The van der Waals surface area contributed by atoms with Gasteiger partial charge in [0.25, 0.3) is 5.69 Å². The maximum atomic E-state index is 13.7. The minimum atomic E-state index is -1.16. The van der Waals surface area contributed by atoms with Crippen molar-refractivity contribution >= 4 is 11.7 Å². The Morgan fingerprint density at radius 3 is 2.55 bits per heavy atom. The van der Waals surface area contributed by atoms with Gasteiger partial charge in [0.05, 0.1) is 11.3 Å². The molecule has 0 radical (unpaired) electrons. The molecule has 0 aromatic heterocycles. The summed E-state index contributed by atoms with van der Waals surface area (Å²) in [4.78, 5) is 21.0. The molecule has 0 heterocycles. The Balaban J connectivity index is 2.53. The number of halogens is 1. The highest BCUT2D eigenvalue weighted by Gasteiger charge is 2.18. The van der Waals surface area contributed by atoms with Gasteiger partial charge in [0.1, 0.15) is 5.82 Å². The average Bonchev–Trinajstić information content (AvgIpc) is 2.39. The Kier molecular flexibility index (Phi) is 3.74. The van der Waals surface area contributed by atoms with E-state index in [-0.39, 0.29) is 16.8 Å². The number of carboxylic acids is 1. The van der Waals surface area contributed by atoms with E-state index in [1.54, 1.807) is 6.07 Å². The Morgan fingerprint density at radius 2 is 1.95 bits per heavy atom. The lowest BCUT2D eigenvalue weighted by Gasteiger charge is -2.06. The molecule has 0 saturated heterocycles.